The Morgan fingerprint density at radius 2 is 1.84 bits per heavy atom. The van der Waals surface area contributed by atoms with Crippen molar-refractivity contribution in [1.29, 1.82) is 0 Å². The predicted octanol–water partition coefficient (Wildman–Crippen LogP) is 5.36. The molecule has 1 fully saturated rings. The summed E-state index contributed by atoms with van der Waals surface area (Å²) in [6.07, 6.45) is 2.88. The predicted molar refractivity (Wildman–Crippen MR) is 123 cm³/mol. The number of esters is 1. The number of hydrogen-bond acceptors (Lipinski definition) is 5. The molecule has 32 heavy (non-hydrogen) atoms. The van der Waals surface area contributed by atoms with Crippen LogP contribution in [0, 0.1) is 5.82 Å². The number of carbonyl (C=O) groups excluding carboxylic acids is 1. The number of ether oxygens (including phenoxy) is 2. The van der Waals surface area contributed by atoms with Crippen LogP contribution < -0.4 is 0 Å². The fraction of sp³-hybridized carbons (Fsp3) is 0.462. The summed E-state index contributed by atoms with van der Waals surface area (Å²) in [5.41, 5.74) is 5.51. The van der Waals surface area contributed by atoms with E-state index in [0.717, 1.165) is 33.6 Å². The van der Waals surface area contributed by atoms with Gasteiger partial charge in [0.15, 0.2) is 0 Å². The molecule has 0 radical (unpaired) electrons. The summed E-state index contributed by atoms with van der Waals surface area (Å²) < 4.78 is 24.6. The molecule has 5 nitrogen and oxygen atoms in total. The topological polar surface area (TPSA) is 68.7 Å². The van der Waals surface area contributed by atoms with Crippen molar-refractivity contribution in [2.24, 2.45) is 0 Å². The van der Waals surface area contributed by atoms with Crippen molar-refractivity contribution in [2.45, 2.75) is 71.2 Å². The first kappa shape index (κ1) is 24.1. The van der Waals surface area contributed by atoms with Crippen molar-refractivity contribution in [3.8, 4) is 11.1 Å². The minimum absolute atomic E-state index is 0.0189. The highest BCUT2D eigenvalue weighted by Gasteiger charge is 2.27. The fourth-order valence-electron chi connectivity index (χ4n) is 4.13. The van der Waals surface area contributed by atoms with E-state index in [-0.39, 0.29) is 24.1 Å². The smallest absolute Gasteiger partial charge is 0.309 e. The molecule has 0 saturated carbocycles. The van der Waals surface area contributed by atoms with Crippen LogP contribution in [-0.2, 0) is 20.9 Å². The highest BCUT2D eigenvalue weighted by molar-refractivity contribution is 5.80. The summed E-state index contributed by atoms with van der Waals surface area (Å²) in [7, 11) is 1.65. The first-order valence-corrected chi connectivity index (χ1v) is 11.1. The number of cyclic esters (lactones) is 1. The van der Waals surface area contributed by atoms with Gasteiger partial charge in [0, 0.05) is 30.4 Å². The van der Waals surface area contributed by atoms with Gasteiger partial charge in [0.05, 0.1) is 24.8 Å². The van der Waals surface area contributed by atoms with Gasteiger partial charge in [-0.25, -0.2) is 4.39 Å². The molecule has 1 aliphatic heterocycles. The average molecular weight is 442 g/mol. The number of pyridine rings is 1. The molecule has 1 aromatic heterocycles. The highest BCUT2D eigenvalue weighted by atomic mass is 19.1. The monoisotopic (exact) mass is 441 g/mol. The average Bonchev–Trinajstić information content (AvgIpc) is 2.72. The van der Waals surface area contributed by atoms with Gasteiger partial charge in [-0.15, -0.1) is 0 Å². The Morgan fingerprint density at radius 1 is 1.19 bits per heavy atom. The van der Waals surface area contributed by atoms with Crippen molar-refractivity contribution in [2.75, 3.05) is 7.11 Å². The zero-order valence-corrected chi connectivity index (χ0v) is 19.4. The van der Waals surface area contributed by atoms with Crippen molar-refractivity contribution in [3.05, 3.63) is 58.7 Å². The van der Waals surface area contributed by atoms with E-state index in [1.807, 2.05) is 12.2 Å². The maximum Gasteiger partial charge on any atom is 0.309 e. The highest BCUT2D eigenvalue weighted by Crippen LogP contribution is 2.38. The molecule has 2 unspecified atom stereocenters. The number of methoxy groups -OCH3 is 1. The molecule has 2 heterocycles. The summed E-state index contributed by atoms with van der Waals surface area (Å²) in [6.45, 7) is 8.72. The Hall–Kier alpha value is -2.57. The fourth-order valence-corrected chi connectivity index (χ4v) is 4.13. The lowest BCUT2D eigenvalue weighted by atomic mass is 9.87. The molecule has 0 bridgehead atoms. The number of halogens is 1. The zero-order valence-electron chi connectivity index (χ0n) is 19.4. The molecular weight excluding hydrogens is 409 g/mol. The van der Waals surface area contributed by atoms with E-state index in [2.05, 4.69) is 27.7 Å². The van der Waals surface area contributed by atoms with Crippen LogP contribution in [0.15, 0.2) is 30.3 Å². The van der Waals surface area contributed by atoms with Crippen molar-refractivity contribution >= 4 is 12.0 Å². The lowest BCUT2D eigenvalue weighted by Crippen LogP contribution is -2.31. The maximum atomic E-state index is 13.7. The molecule has 3 rings (SSSR count). The number of hydrogen-bond donors (Lipinski definition) is 1. The first-order valence-electron chi connectivity index (χ1n) is 11.1. The molecule has 2 atom stereocenters. The van der Waals surface area contributed by atoms with Crippen LogP contribution in [0.2, 0.25) is 0 Å². The molecule has 0 amide bonds. The molecule has 0 aliphatic carbocycles. The van der Waals surface area contributed by atoms with Crippen molar-refractivity contribution < 1.29 is 23.8 Å². The minimum Gasteiger partial charge on any atom is -0.458 e. The lowest BCUT2D eigenvalue weighted by Gasteiger charge is -2.25. The Morgan fingerprint density at radius 3 is 2.41 bits per heavy atom. The summed E-state index contributed by atoms with van der Waals surface area (Å²) in [5, 5.41) is 9.96. The second kappa shape index (κ2) is 10.4. The summed E-state index contributed by atoms with van der Waals surface area (Å²) >= 11 is 0. The molecule has 2 aromatic rings. The van der Waals surface area contributed by atoms with Gasteiger partial charge in [0.2, 0.25) is 0 Å². The number of aromatic nitrogens is 1. The van der Waals surface area contributed by atoms with Gasteiger partial charge >= 0.3 is 5.97 Å². The van der Waals surface area contributed by atoms with E-state index in [0.29, 0.717) is 13.0 Å². The molecule has 0 spiro atoms. The van der Waals surface area contributed by atoms with Gasteiger partial charge in [-0.1, -0.05) is 45.9 Å². The number of nitrogens with zero attached hydrogens (tertiary/aromatic N) is 1. The van der Waals surface area contributed by atoms with E-state index in [4.69, 9.17) is 14.5 Å². The molecular formula is C26H32FNO4. The molecule has 1 N–H and O–H groups in total. The quantitative estimate of drug-likeness (QED) is 0.586. The number of carbonyl (C=O) groups is 1. The second-order valence-electron chi connectivity index (χ2n) is 8.88. The van der Waals surface area contributed by atoms with Gasteiger partial charge in [-0.3, -0.25) is 9.78 Å². The van der Waals surface area contributed by atoms with E-state index in [1.54, 1.807) is 19.2 Å². The maximum absolute atomic E-state index is 13.7. The number of rotatable bonds is 7. The molecule has 1 saturated heterocycles. The summed E-state index contributed by atoms with van der Waals surface area (Å²) in [5.74, 6) is -0.411. The lowest BCUT2D eigenvalue weighted by molar-refractivity contribution is -0.156. The van der Waals surface area contributed by atoms with Crippen LogP contribution >= 0.6 is 0 Å². The Balaban J connectivity index is 2.24. The standard InChI is InChI=1S/C26H32FNO4/c1-15(2)25-21(11-10-20-12-19(29)13-23(30)32-20)24(17-6-8-18(27)9-7-17)22(14-31-5)26(28-25)16(3)4/h6-11,15-16,19-20,29H,12-14H2,1-5H3. The van der Waals surface area contributed by atoms with Crippen LogP contribution in [0.4, 0.5) is 4.39 Å². The third kappa shape index (κ3) is 5.43. The van der Waals surface area contributed by atoms with E-state index >= 15 is 0 Å². The number of aliphatic hydroxyl groups excluding tert-OH is 1. The second-order valence-corrected chi connectivity index (χ2v) is 8.88. The molecule has 6 heteroatoms. The van der Waals surface area contributed by atoms with Gasteiger partial charge < -0.3 is 14.6 Å². The Labute approximate surface area is 189 Å². The van der Waals surface area contributed by atoms with Gasteiger partial charge in [0.25, 0.3) is 0 Å². The van der Waals surface area contributed by atoms with Crippen LogP contribution in [0.5, 0.6) is 0 Å². The van der Waals surface area contributed by atoms with Gasteiger partial charge in [-0.2, -0.15) is 0 Å². The Bertz CT molecular complexity index is 982. The van der Waals surface area contributed by atoms with Crippen LogP contribution in [0.3, 0.4) is 0 Å². The Kier molecular flexibility index (Phi) is 7.80. The first-order chi connectivity index (χ1) is 15.2. The molecule has 1 aromatic carbocycles. The van der Waals surface area contributed by atoms with Gasteiger partial charge in [0.1, 0.15) is 11.9 Å². The SMILES string of the molecule is COCc1c(C(C)C)nc(C(C)C)c(C=CC2CC(O)CC(=O)O2)c1-c1ccc(F)cc1. The van der Waals surface area contributed by atoms with Gasteiger partial charge in [-0.05, 0) is 41.2 Å². The van der Waals surface area contributed by atoms with E-state index < -0.39 is 18.2 Å². The molecule has 172 valence electrons. The third-order valence-electron chi connectivity index (χ3n) is 5.58. The normalized spacial score (nSPS) is 19.2. The number of aliphatic hydroxyl groups is 1. The largest absolute Gasteiger partial charge is 0.458 e. The third-order valence-corrected chi connectivity index (χ3v) is 5.58. The minimum atomic E-state index is -0.711. The van der Waals surface area contributed by atoms with Crippen LogP contribution in [0.25, 0.3) is 17.2 Å². The number of benzene rings is 1. The van der Waals surface area contributed by atoms with Crippen LogP contribution in [0.1, 0.15) is 74.9 Å². The van der Waals surface area contributed by atoms with Crippen LogP contribution in [-0.4, -0.2) is 35.4 Å². The van der Waals surface area contributed by atoms with Crippen molar-refractivity contribution in [1.82, 2.24) is 4.98 Å². The summed E-state index contributed by atoms with van der Waals surface area (Å²) in [6, 6.07) is 6.42. The summed E-state index contributed by atoms with van der Waals surface area (Å²) in [4.78, 5) is 16.8. The van der Waals surface area contributed by atoms with E-state index in [9.17, 15) is 14.3 Å². The van der Waals surface area contributed by atoms with Crippen molar-refractivity contribution in [3.63, 3.8) is 0 Å². The zero-order chi connectivity index (χ0) is 23.4. The molecule has 1 aliphatic rings. The van der Waals surface area contributed by atoms with E-state index in [1.165, 1.54) is 12.1 Å².